The molecule has 18 heavy (non-hydrogen) atoms. The van der Waals surface area contributed by atoms with Gasteiger partial charge in [-0.25, -0.2) is 4.98 Å². The molecule has 0 saturated carbocycles. The first-order chi connectivity index (χ1) is 8.76. The van der Waals surface area contributed by atoms with Gasteiger partial charge >= 0.3 is 0 Å². The molecule has 2 N–H and O–H groups in total. The smallest absolute Gasteiger partial charge is 0.224 e. The monoisotopic (exact) mass is 254 g/mol. The lowest BCUT2D eigenvalue weighted by atomic mass is 10.4. The average molecular weight is 254 g/mol. The summed E-state index contributed by atoms with van der Waals surface area (Å²) < 4.78 is 9.97. The molecule has 0 aliphatic rings. The highest BCUT2D eigenvalue weighted by atomic mass is 16.5. The van der Waals surface area contributed by atoms with Crippen LogP contribution in [0.1, 0.15) is 12.1 Å². The summed E-state index contributed by atoms with van der Waals surface area (Å²) in [5.41, 5.74) is 0.930. The van der Waals surface area contributed by atoms with Crippen molar-refractivity contribution in [3.8, 4) is 0 Å². The minimum atomic E-state index is 0.644. The molecule has 0 aliphatic carbocycles. The molecule has 0 aliphatic heterocycles. The molecule has 0 amide bonds. The van der Waals surface area contributed by atoms with E-state index in [0.29, 0.717) is 12.6 Å². The Kier molecular flexibility index (Phi) is 7.05. The number of nitrogens with zero attached hydrogens (tertiary/aromatic N) is 2. The number of anilines is 2. The van der Waals surface area contributed by atoms with E-state index in [4.69, 9.17) is 9.47 Å². The Bertz CT molecular complexity index is 347. The Morgan fingerprint density at radius 3 is 2.56 bits per heavy atom. The van der Waals surface area contributed by atoms with E-state index in [1.54, 1.807) is 14.2 Å². The summed E-state index contributed by atoms with van der Waals surface area (Å²) in [7, 11) is 3.37. The van der Waals surface area contributed by atoms with Crippen LogP contribution in [-0.4, -0.2) is 50.5 Å². The van der Waals surface area contributed by atoms with E-state index >= 15 is 0 Å². The third kappa shape index (κ3) is 5.79. The van der Waals surface area contributed by atoms with Crippen LogP contribution in [0.15, 0.2) is 6.07 Å². The van der Waals surface area contributed by atoms with Crippen molar-refractivity contribution in [2.45, 2.75) is 13.3 Å². The van der Waals surface area contributed by atoms with E-state index in [1.165, 1.54) is 0 Å². The van der Waals surface area contributed by atoms with Crippen LogP contribution in [0.25, 0.3) is 0 Å². The van der Waals surface area contributed by atoms with Gasteiger partial charge in [0.1, 0.15) is 5.82 Å². The summed E-state index contributed by atoms with van der Waals surface area (Å²) in [6, 6.07) is 1.91. The van der Waals surface area contributed by atoms with Crippen LogP contribution in [0.2, 0.25) is 0 Å². The van der Waals surface area contributed by atoms with Crippen LogP contribution in [0.3, 0.4) is 0 Å². The zero-order valence-corrected chi connectivity index (χ0v) is 11.3. The third-order valence-electron chi connectivity index (χ3n) is 2.27. The number of hydrogen-bond donors (Lipinski definition) is 2. The lowest BCUT2D eigenvalue weighted by Crippen LogP contribution is -2.12. The first-order valence-electron chi connectivity index (χ1n) is 6.07. The average Bonchev–Trinajstić information content (AvgIpc) is 2.34. The molecule has 1 aromatic rings. The molecule has 6 nitrogen and oxygen atoms in total. The summed E-state index contributed by atoms with van der Waals surface area (Å²) in [5.74, 6) is 1.46. The molecular formula is C12H22N4O2. The first-order valence-corrected chi connectivity index (χ1v) is 6.07. The second-order valence-corrected chi connectivity index (χ2v) is 3.91. The van der Waals surface area contributed by atoms with Gasteiger partial charge in [0.2, 0.25) is 5.95 Å². The molecule has 1 heterocycles. The van der Waals surface area contributed by atoms with Crippen LogP contribution < -0.4 is 10.6 Å². The highest BCUT2D eigenvalue weighted by Crippen LogP contribution is 2.09. The highest BCUT2D eigenvalue weighted by molar-refractivity contribution is 5.42. The molecule has 6 heteroatoms. The molecule has 0 bridgehead atoms. The van der Waals surface area contributed by atoms with Crippen LogP contribution in [-0.2, 0) is 9.47 Å². The fraction of sp³-hybridized carbons (Fsp3) is 0.667. The Labute approximate surface area is 108 Å². The zero-order valence-electron chi connectivity index (χ0n) is 11.3. The second-order valence-electron chi connectivity index (χ2n) is 3.91. The van der Waals surface area contributed by atoms with Gasteiger partial charge in [-0.15, -0.1) is 0 Å². The van der Waals surface area contributed by atoms with Crippen molar-refractivity contribution in [1.29, 1.82) is 0 Å². The van der Waals surface area contributed by atoms with Crippen LogP contribution in [0.5, 0.6) is 0 Å². The van der Waals surface area contributed by atoms with Crippen molar-refractivity contribution in [1.82, 2.24) is 9.97 Å². The Morgan fingerprint density at radius 1 is 1.06 bits per heavy atom. The fourth-order valence-corrected chi connectivity index (χ4v) is 1.44. The topological polar surface area (TPSA) is 68.3 Å². The molecule has 0 aromatic carbocycles. The molecule has 0 spiro atoms. The summed E-state index contributed by atoms with van der Waals surface area (Å²) >= 11 is 0. The molecule has 1 aromatic heterocycles. The largest absolute Gasteiger partial charge is 0.385 e. The normalized spacial score (nSPS) is 10.4. The Morgan fingerprint density at radius 2 is 1.83 bits per heavy atom. The van der Waals surface area contributed by atoms with E-state index in [1.807, 2.05) is 13.0 Å². The summed E-state index contributed by atoms with van der Waals surface area (Å²) in [6.07, 6.45) is 0.931. The van der Waals surface area contributed by atoms with Gasteiger partial charge in [0.25, 0.3) is 0 Å². The molecule has 0 fully saturated rings. The molecule has 0 atom stereocenters. The fourth-order valence-electron chi connectivity index (χ4n) is 1.44. The predicted molar refractivity (Wildman–Crippen MR) is 72.1 cm³/mol. The maximum absolute atomic E-state index is 4.99. The number of rotatable bonds is 9. The van der Waals surface area contributed by atoms with E-state index in [0.717, 1.165) is 37.6 Å². The third-order valence-corrected chi connectivity index (χ3v) is 2.27. The Hall–Kier alpha value is -1.40. The number of ether oxygens (including phenoxy) is 2. The maximum Gasteiger partial charge on any atom is 0.224 e. The van der Waals surface area contributed by atoms with Gasteiger partial charge < -0.3 is 20.1 Å². The number of aromatic nitrogens is 2. The number of nitrogens with one attached hydrogen (secondary N) is 2. The lowest BCUT2D eigenvalue weighted by molar-refractivity contribution is 0.197. The van der Waals surface area contributed by atoms with Gasteiger partial charge in [-0.05, 0) is 13.3 Å². The number of hydrogen-bond acceptors (Lipinski definition) is 6. The molecule has 1 rings (SSSR count). The minimum Gasteiger partial charge on any atom is -0.385 e. The second kappa shape index (κ2) is 8.66. The van der Waals surface area contributed by atoms with E-state index in [-0.39, 0.29) is 0 Å². The SMILES string of the molecule is COCCCNc1nc(C)cc(NCCOC)n1. The predicted octanol–water partition coefficient (Wildman–Crippen LogP) is 1.29. The van der Waals surface area contributed by atoms with Gasteiger partial charge in [0, 0.05) is 45.7 Å². The van der Waals surface area contributed by atoms with Crippen molar-refractivity contribution < 1.29 is 9.47 Å². The number of aryl methyl sites for hydroxylation is 1. The minimum absolute atomic E-state index is 0.644. The van der Waals surface area contributed by atoms with Gasteiger partial charge in [0.05, 0.1) is 6.61 Å². The molecular weight excluding hydrogens is 232 g/mol. The summed E-state index contributed by atoms with van der Waals surface area (Å²) in [5, 5.41) is 6.37. The van der Waals surface area contributed by atoms with Gasteiger partial charge in [-0.1, -0.05) is 0 Å². The van der Waals surface area contributed by atoms with Crippen molar-refractivity contribution in [3.05, 3.63) is 11.8 Å². The standard InChI is InChI=1S/C12H22N4O2/c1-10-9-11(13-6-8-18-3)16-12(15-10)14-5-4-7-17-2/h9H,4-8H2,1-3H3,(H2,13,14,15,16). The lowest BCUT2D eigenvalue weighted by Gasteiger charge is -2.09. The summed E-state index contributed by atoms with van der Waals surface area (Å²) in [6.45, 7) is 4.87. The van der Waals surface area contributed by atoms with E-state index in [9.17, 15) is 0 Å². The number of methoxy groups -OCH3 is 2. The molecule has 102 valence electrons. The van der Waals surface area contributed by atoms with Gasteiger partial charge in [0.15, 0.2) is 0 Å². The van der Waals surface area contributed by atoms with Crippen molar-refractivity contribution in [2.24, 2.45) is 0 Å². The van der Waals surface area contributed by atoms with E-state index in [2.05, 4.69) is 20.6 Å². The first kappa shape index (κ1) is 14.7. The van der Waals surface area contributed by atoms with Crippen molar-refractivity contribution in [3.63, 3.8) is 0 Å². The molecule has 0 radical (unpaired) electrons. The quantitative estimate of drug-likeness (QED) is 0.647. The van der Waals surface area contributed by atoms with Crippen LogP contribution >= 0.6 is 0 Å². The maximum atomic E-state index is 4.99. The molecule has 0 unspecified atom stereocenters. The highest BCUT2D eigenvalue weighted by Gasteiger charge is 2.01. The van der Waals surface area contributed by atoms with E-state index < -0.39 is 0 Å². The zero-order chi connectivity index (χ0) is 13.2. The van der Waals surface area contributed by atoms with Crippen LogP contribution in [0, 0.1) is 6.92 Å². The molecule has 0 saturated heterocycles. The van der Waals surface area contributed by atoms with Gasteiger partial charge in [-0.3, -0.25) is 0 Å². The van der Waals surface area contributed by atoms with Gasteiger partial charge in [-0.2, -0.15) is 4.98 Å². The van der Waals surface area contributed by atoms with Crippen molar-refractivity contribution in [2.75, 3.05) is 51.2 Å². The van der Waals surface area contributed by atoms with Crippen LogP contribution in [0.4, 0.5) is 11.8 Å². The van der Waals surface area contributed by atoms with Crippen molar-refractivity contribution >= 4 is 11.8 Å². The Balaban J connectivity index is 2.46. The summed E-state index contributed by atoms with van der Waals surface area (Å²) in [4.78, 5) is 8.70.